The van der Waals surface area contributed by atoms with Gasteiger partial charge in [-0.3, -0.25) is 14.9 Å². The van der Waals surface area contributed by atoms with Gasteiger partial charge in [-0.1, -0.05) is 54.6 Å². The van der Waals surface area contributed by atoms with Crippen LogP contribution in [-0.4, -0.2) is 27.5 Å². The quantitative estimate of drug-likeness (QED) is 0.239. The Morgan fingerprint density at radius 2 is 1.68 bits per heavy atom. The number of H-pyrrole nitrogens is 1. The highest BCUT2D eigenvalue weighted by molar-refractivity contribution is 6.05. The fourth-order valence-corrected chi connectivity index (χ4v) is 3.70. The van der Waals surface area contributed by atoms with E-state index in [0.29, 0.717) is 16.8 Å². The minimum atomic E-state index is -1.28. The van der Waals surface area contributed by atoms with Gasteiger partial charge >= 0.3 is 0 Å². The molecule has 0 radical (unpaired) electrons. The Labute approximate surface area is 193 Å². The number of nitrogens with zero attached hydrogens (tertiary/aromatic N) is 2. The molecule has 0 aliphatic heterocycles. The van der Waals surface area contributed by atoms with Crippen molar-refractivity contribution in [1.82, 2.24) is 10.4 Å². The summed E-state index contributed by atoms with van der Waals surface area (Å²) >= 11 is 0. The first-order valence-corrected chi connectivity index (χ1v) is 10.4. The van der Waals surface area contributed by atoms with Crippen LogP contribution in [0.3, 0.4) is 0 Å². The first kappa shape index (κ1) is 22.4. The number of nitro benzene ring substituents is 1. The minimum absolute atomic E-state index is 0.0522. The molecule has 0 aliphatic carbocycles. The average Bonchev–Trinajstić information content (AvgIpc) is 3.28. The predicted octanol–water partition coefficient (Wildman–Crippen LogP) is 3.13. The van der Waals surface area contributed by atoms with Crippen molar-refractivity contribution in [3.05, 3.63) is 112 Å². The summed E-state index contributed by atoms with van der Waals surface area (Å²) in [6, 6.07) is 21.4. The lowest BCUT2D eigenvalue weighted by atomic mass is 9.91. The van der Waals surface area contributed by atoms with Crippen LogP contribution in [0.2, 0.25) is 0 Å². The first-order valence-electron chi connectivity index (χ1n) is 10.4. The number of hydrogen-bond acceptors (Lipinski definition) is 6. The maximum Gasteiger partial charge on any atom is 0.271 e. The number of nitro groups is 1. The normalized spacial score (nSPS) is 12.3. The Kier molecular flexibility index (Phi) is 6.45. The monoisotopic (exact) mass is 455 g/mol. The highest BCUT2D eigenvalue weighted by atomic mass is 16.6. The number of carboxylic acid groups (broad SMARTS) is 1. The Morgan fingerprint density at radius 3 is 2.41 bits per heavy atom. The smallest absolute Gasteiger partial charge is 0.271 e. The van der Waals surface area contributed by atoms with E-state index in [-0.39, 0.29) is 17.7 Å². The Hall–Kier alpha value is -4.79. The van der Waals surface area contributed by atoms with Gasteiger partial charge in [0.15, 0.2) is 0 Å². The van der Waals surface area contributed by atoms with Crippen LogP contribution >= 0.6 is 0 Å². The molecule has 4 rings (SSSR count). The van der Waals surface area contributed by atoms with E-state index < -0.39 is 22.7 Å². The fraction of sp³-hybridized carbons (Fsp3) is 0.0800. The summed E-state index contributed by atoms with van der Waals surface area (Å²) in [6.45, 7) is 0. The maximum absolute atomic E-state index is 12.6. The molecule has 0 aliphatic rings. The van der Waals surface area contributed by atoms with E-state index in [9.17, 15) is 24.8 Å². The molecule has 0 bridgehead atoms. The number of amides is 1. The van der Waals surface area contributed by atoms with Crippen molar-refractivity contribution in [1.29, 1.82) is 0 Å². The van der Waals surface area contributed by atoms with Gasteiger partial charge in [-0.2, -0.15) is 5.10 Å². The summed E-state index contributed by atoms with van der Waals surface area (Å²) in [4.78, 5) is 38.2. The van der Waals surface area contributed by atoms with Gasteiger partial charge in [-0.25, -0.2) is 5.43 Å². The number of nitrogens with one attached hydrogen (secondary N) is 2. The van der Waals surface area contributed by atoms with Gasteiger partial charge in [-0.05, 0) is 23.3 Å². The molecule has 170 valence electrons. The summed E-state index contributed by atoms with van der Waals surface area (Å²) in [6.07, 6.45) is 1.58. The number of fused-ring (bicyclic) bond motifs is 1. The molecule has 1 amide bonds. The average molecular weight is 455 g/mol. The van der Waals surface area contributed by atoms with Crippen LogP contribution in [0, 0.1) is 10.1 Å². The molecule has 1 aromatic heterocycles. The Bertz CT molecular complexity index is 1390. The van der Waals surface area contributed by atoms with Gasteiger partial charge in [0.05, 0.1) is 10.6 Å². The number of carbonyl (C=O) groups is 2. The number of carboxylic acids is 1. The first-order chi connectivity index (χ1) is 16.4. The second-order valence-corrected chi connectivity index (χ2v) is 7.54. The molecule has 0 fully saturated rings. The van der Waals surface area contributed by atoms with Crippen LogP contribution in [0.5, 0.6) is 0 Å². The summed E-state index contributed by atoms with van der Waals surface area (Å²) < 4.78 is 0. The number of hydrazone groups is 1. The summed E-state index contributed by atoms with van der Waals surface area (Å²) in [5.74, 6) is -2.97. The number of benzene rings is 3. The van der Waals surface area contributed by atoms with E-state index >= 15 is 0 Å². The van der Waals surface area contributed by atoms with Gasteiger partial charge in [0.2, 0.25) is 0 Å². The maximum atomic E-state index is 12.6. The molecule has 1 atom stereocenters. The second-order valence-electron chi connectivity index (χ2n) is 7.54. The highest BCUT2D eigenvalue weighted by Gasteiger charge is 2.21. The molecule has 0 spiro atoms. The molecular formula is C25H19N4O5-. The topological polar surface area (TPSA) is 141 Å². The lowest BCUT2D eigenvalue weighted by Crippen LogP contribution is -2.32. The number of hydrogen-bond donors (Lipinski definition) is 2. The number of para-hydroxylation sites is 1. The zero-order chi connectivity index (χ0) is 24.1. The van der Waals surface area contributed by atoms with Crippen molar-refractivity contribution in [2.24, 2.45) is 5.10 Å². The van der Waals surface area contributed by atoms with Crippen molar-refractivity contribution in [2.45, 2.75) is 12.3 Å². The van der Waals surface area contributed by atoms with E-state index in [0.717, 1.165) is 17.0 Å². The minimum Gasteiger partial charge on any atom is -0.549 e. The number of aromatic nitrogens is 1. The van der Waals surface area contributed by atoms with Crippen LogP contribution in [0.15, 0.2) is 90.2 Å². The van der Waals surface area contributed by atoms with E-state index in [4.69, 9.17) is 0 Å². The molecular weight excluding hydrogens is 436 g/mol. The number of aliphatic carboxylic acids is 1. The molecule has 4 aromatic rings. The summed E-state index contributed by atoms with van der Waals surface area (Å²) in [5.41, 5.74) is 4.50. The zero-order valence-corrected chi connectivity index (χ0v) is 17.8. The number of rotatable bonds is 8. The van der Waals surface area contributed by atoms with Crippen LogP contribution in [-0.2, 0) is 4.79 Å². The van der Waals surface area contributed by atoms with Gasteiger partial charge in [0.25, 0.3) is 11.6 Å². The van der Waals surface area contributed by atoms with Crippen molar-refractivity contribution < 1.29 is 19.6 Å². The predicted molar refractivity (Wildman–Crippen MR) is 124 cm³/mol. The largest absolute Gasteiger partial charge is 0.549 e. The molecule has 9 heteroatoms. The van der Waals surface area contributed by atoms with Crippen LogP contribution < -0.4 is 10.5 Å². The molecule has 34 heavy (non-hydrogen) atoms. The number of aromatic amines is 1. The standard InChI is InChI=1S/C25H20N4O5/c30-24(17-9-6-10-18(13-17)29(33)34)28-27-23(16-7-2-1-3-8-16)14-20(25(31)32)21-15-26-22-12-5-4-11-19(21)22/h1-13,15,20,26H,14H2,(H,28,30)(H,31,32)/p-1/b27-23+/t20-/m1/s1. The summed E-state index contributed by atoms with van der Waals surface area (Å²) in [5, 5.41) is 28.1. The number of non-ortho nitro benzene ring substituents is 1. The van der Waals surface area contributed by atoms with Gasteiger partial charge in [0, 0.05) is 53.1 Å². The fourth-order valence-electron chi connectivity index (χ4n) is 3.70. The molecule has 0 saturated carbocycles. The summed E-state index contributed by atoms with van der Waals surface area (Å²) in [7, 11) is 0. The van der Waals surface area contributed by atoms with Crippen LogP contribution in [0.25, 0.3) is 10.9 Å². The molecule has 9 nitrogen and oxygen atoms in total. The molecule has 1 heterocycles. The molecule has 0 saturated heterocycles. The van der Waals surface area contributed by atoms with Crippen molar-refractivity contribution in [3.63, 3.8) is 0 Å². The molecule has 2 N–H and O–H groups in total. The van der Waals surface area contributed by atoms with E-state index in [1.165, 1.54) is 18.2 Å². The van der Waals surface area contributed by atoms with E-state index in [1.807, 2.05) is 24.3 Å². The SMILES string of the molecule is O=C(N/N=C(\C[C@@H](C(=O)[O-])c1c[nH]c2ccccc12)c1ccccc1)c1cccc([N+](=O)[O-])c1. The van der Waals surface area contributed by atoms with Gasteiger partial charge < -0.3 is 14.9 Å². The molecule has 0 unspecified atom stereocenters. The van der Waals surface area contributed by atoms with Gasteiger partial charge in [-0.15, -0.1) is 0 Å². The molecule has 3 aromatic carbocycles. The third-order valence-electron chi connectivity index (χ3n) is 5.40. The van der Waals surface area contributed by atoms with Gasteiger partial charge in [0.1, 0.15) is 0 Å². The van der Waals surface area contributed by atoms with Crippen LogP contribution in [0.1, 0.15) is 33.8 Å². The third kappa shape index (κ3) is 4.83. The van der Waals surface area contributed by atoms with Crippen molar-refractivity contribution in [3.8, 4) is 0 Å². The van der Waals surface area contributed by atoms with Crippen LogP contribution in [0.4, 0.5) is 5.69 Å². The number of carbonyl (C=O) groups excluding carboxylic acids is 2. The van der Waals surface area contributed by atoms with Crippen molar-refractivity contribution >= 4 is 34.2 Å². The Morgan fingerprint density at radius 1 is 0.971 bits per heavy atom. The lowest BCUT2D eigenvalue weighted by Gasteiger charge is -2.19. The lowest BCUT2D eigenvalue weighted by molar-refractivity contribution is -0.384. The van der Waals surface area contributed by atoms with E-state index in [2.05, 4.69) is 15.5 Å². The Balaban J connectivity index is 1.66. The zero-order valence-electron chi connectivity index (χ0n) is 17.8. The van der Waals surface area contributed by atoms with Crippen molar-refractivity contribution in [2.75, 3.05) is 0 Å². The highest BCUT2D eigenvalue weighted by Crippen LogP contribution is 2.29. The second kappa shape index (κ2) is 9.78. The third-order valence-corrected chi connectivity index (χ3v) is 5.40. The van der Waals surface area contributed by atoms with E-state index in [1.54, 1.807) is 36.5 Å².